The Morgan fingerprint density at radius 1 is 1.57 bits per heavy atom. The fraction of sp³-hybridized carbons (Fsp3) is 0.667. The summed E-state index contributed by atoms with van der Waals surface area (Å²) in [7, 11) is 0. The molecule has 0 aliphatic carbocycles. The molecule has 0 unspecified atom stereocenters. The Hall–Kier alpha value is 0.539. The molecule has 0 N–H and O–H groups in total. The van der Waals surface area contributed by atoms with E-state index in [-0.39, 0.29) is 0 Å². The zero-order valence-electron chi connectivity index (χ0n) is 4.78. The minimum atomic E-state index is 1.28. The molecule has 1 heteroatoms. The molecule has 0 spiro atoms. The molecule has 39 valence electrons. The van der Waals surface area contributed by atoms with Crippen molar-refractivity contribution in [1.82, 2.24) is 0 Å². The van der Waals surface area contributed by atoms with Crippen molar-refractivity contribution in [1.29, 1.82) is 0 Å². The first kappa shape index (κ1) is 7.54. The number of allylic oxidation sites excluding steroid dienone is 1. The molecule has 0 fully saturated rings. The van der Waals surface area contributed by atoms with E-state index < -0.39 is 0 Å². The molecular formula is C6H11Sn. The van der Waals surface area contributed by atoms with Crippen LogP contribution in [0, 0.1) is 0 Å². The van der Waals surface area contributed by atoms with Crippen LogP contribution in [0.15, 0.2) is 10.2 Å². The second kappa shape index (κ2) is 6.54. The van der Waals surface area contributed by atoms with Crippen LogP contribution in [-0.2, 0) is 0 Å². The van der Waals surface area contributed by atoms with E-state index in [2.05, 4.69) is 17.1 Å². The van der Waals surface area contributed by atoms with Gasteiger partial charge >= 0.3 is 58.9 Å². The first-order chi connectivity index (χ1) is 3.41. The van der Waals surface area contributed by atoms with Gasteiger partial charge in [0.1, 0.15) is 0 Å². The zero-order valence-corrected chi connectivity index (χ0v) is 7.63. The van der Waals surface area contributed by atoms with Gasteiger partial charge in [-0.1, -0.05) is 0 Å². The van der Waals surface area contributed by atoms with E-state index >= 15 is 0 Å². The van der Waals surface area contributed by atoms with Crippen LogP contribution in [0.5, 0.6) is 0 Å². The molecule has 3 radical (unpaired) electrons. The van der Waals surface area contributed by atoms with Crippen LogP contribution in [0.2, 0.25) is 0 Å². The summed E-state index contributed by atoms with van der Waals surface area (Å²) in [6.45, 7) is 2.22. The van der Waals surface area contributed by atoms with Crippen LogP contribution in [0.4, 0.5) is 0 Å². The van der Waals surface area contributed by atoms with Gasteiger partial charge in [0.05, 0.1) is 0 Å². The Labute approximate surface area is 59.1 Å². The predicted octanol–water partition coefficient (Wildman–Crippen LogP) is 1.86. The predicted molar refractivity (Wildman–Crippen MR) is 34.4 cm³/mol. The Bertz CT molecular complexity index is 48.1. The Morgan fingerprint density at radius 3 is 2.71 bits per heavy atom. The summed E-state index contributed by atoms with van der Waals surface area (Å²) in [5.74, 6) is 0. The zero-order chi connectivity index (χ0) is 5.54. The van der Waals surface area contributed by atoms with Gasteiger partial charge in [0.25, 0.3) is 0 Å². The molecule has 0 aromatic rings. The Morgan fingerprint density at radius 2 is 2.29 bits per heavy atom. The standard InChI is InChI=1S/C6H11.Sn/c1-3-5-6-4-2;/h1,3H,4-6H2,2H3;. The van der Waals surface area contributed by atoms with Crippen LogP contribution in [0.25, 0.3) is 0 Å². The van der Waals surface area contributed by atoms with Crippen LogP contribution in [0.1, 0.15) is 26.2 Å². The van der Waals surface area contributed by atoms with E-state index in [4.69, 9.17) is 0 Å². The molecule has 0 aliphatic rings. The van der Waals surface area contributed by atoms with Gasteiger partial charge in [-0.3, -0.25) is 0 Å². The number of hydrogen-bond donors (Lipinski definition) is 0. The Balaban J connectivity index is 2.69. The van der Waals surface area contributed by atoms with E-state index in [1.54, 1.807) is 0 Å². The molecule has 7 heavy (non-hydrogen) atoms. The molecule has 0 saturated heterocycles. The topological polar surface area (TPSA) is 0 Å². The van der Waals surface area contributed by atoms with Crippen molar-refractivity contribution in [3.8, 4) is 0 Å². The first-order valence-electron chi connectivity index (χ1n) is 2.74. The van der Waals surface area contributed by atoms with Gasteiger partial charge in [0.15, 0.2) is 0 Å². The van der Waals surface area contributed by atoms with E-state index in [9.17, 15) is 0 Å². The van der Waals surface area contributed by atoms with Crippen molar-refractivity contribution >= 4 is 22.5 Å². The van der Waals surface area contributed by atoms with Gasteiger partial charge in [-0.05, 0) is 0 Å². The molecule has 0 aromatic heterocycles. The second-order valence-electron chi connectivity index (χ2n) is 1.54. The summed E-state index contributed by atoms with van der Waals surface area (Å²) >= 11 is 1.52. The molecule has 0 atom stereocenters. The van der Waals surface area contributed by atoms with Gasteiger partial charge in [-0.15, -0.1) is 0 Å². The maximum atomic E-state index is 2.25. The molecule has 0 aromatic carbocycles. The monoisotopic (exact) mass is 203 g/mol. The number of hydrogen-bond acceptors (Lipinski definition) is 0. The van der Waals surface area contributed by atoms with Gasteiger partial charge in [-0.25, -0.2) is 0 Å². The summed E-state index contributed by atoms with van der Waals surface area (Å²) in [6, 6.07) is 0. The molecular weight excluding hydrogens is 191 g/mol. The Kier molecular flexibility index (Phi) is 7.04. The van der Waals surface area contributed by atoms with Crippen molar-refractivity contribution in [3.05, 3.63) is 10.2 Å². The fourth-order valence-electron chi connectivity index (χ4n) is 0.405. The number of rotatable bonds is 3. The SMILES string of the molecule is CCCC/C=[CH]/[Sn]. The third-order valence-electron chi connectivity index (χ3n) is 0.842. The fourth-order valence-corrected chi connectivity index (χ4v) is 0.881. The van der Waals surface area contributed by atoms with E-state index in [1.807, 2.05) is 0 Å². The average Bonchev–Trinajstić information content (AvgIpc) is 1.69. The quantitative estimate of drug-likeness (QED) is 0.483. The molecule has 0 rings (SSSR count). The van der Waals surface area contributed by atoms with Gasteiger partial charge in [-0.2, -0.15) is 0 Å². The summed E-state index contributed by atoms with van der Waals surface area (Å²) in [6.07, 6.45) is 6.20. The van der Waals surface area contributed by atoms with Crippen molar-refractivity contribution in [3.63, 3.8) is 0 Å². The normalized spacial score (nSPS) is 10.6. The molecule has 0 aliphatic heterocycles. The van der Waals surface area contributed by atoms with Crippen LogP contribution in [-0.4, -0.2) is 22.5 Å². The van der Waals surface area contributed by atoms with Gasteiger partial charge in [0, 0.05) is 0 Å². The third-order valence-corrected chi connectivity index (χ3v) is 1.51. The van der Waals surface area contributed by atoms with Crippen LogP contribution in [0.3, 0.4) is 0 Å². The molecule has 0 nitrogen and oxygen atoms in total. The molecule has 0 heterocycles. The van der Waals surface area contributed by atoms with Crippen molar-refractivity contribution in [2.75, 3.05) is 0 Å². The second-order valence-corrected chi connectivity index (χ2v) is 2.50. The summed E-state index contributed by atoms with van der Waals surface area (Å²) < 4.78 is 2.20. The minimum absolute atomic E-state index is 1.28. The first-order valence-corrected chi connectivity index (χ1v) is 4.39. The maximum absolute atomic E-state index is 2.25. The third kappa shape index (κ3) is 6.54. The van der Waals surface area contributed by atoms with Gasteiger partial charge < -0.3 is 0 Å². The van der Waals surface area contributed by atoms with Gasteiger partial charge in [0.2, 0.25) is 0 Å². The summed E-state index contributed by atoms with van der Waals surface area (Å²) in [5, 5.41) is 0. The summed E-state index contributed by atoms with van der Waals surface area (Å²) in [5.41, 5.74) is 0. The van der Waals surface area contributed by atoms with Crippen LogP contribution < -0.4 is 0 Å². The van der Waals surface area contributed by atoms with E-state index in [0.717, 1.165) is 0 Å². The van der Waals surface area contributed by atoms with E-state index in [0.29, 0.717) is 0 Å². The molecule has 0 saturated carbocycles. The van der Waals surface area contributed by atoms with Crippen molar-refractivity contribution in [2.24, 2.45) is 0 Å². The van der Waals surface area contributed by atoms with Crippen LogP contribution >= 0.6 is 0 Å². The average molecular weight is 202 g/mol. The summed E-state index contributed by atoms with van der Waals surface area (Å²) in [4.78, 5) is 0. The van der Waals surface area contributed by atoms with Crippen molar-refractivity contribution < 1.29 is 0 Å². The van der Waals surface area contributed by atoms with Crippen molar-refractivity contribution in [2.45, 2.75) is 26.2 Å². The number of unbranched alkanes of at least 4 members (excludes halogenated alkanes) is 2. The molecule has 0 amide bonds. The van der Waals surface area contributed by atoms with E-state index in [1.165, 1.54) is 41.8 Å². The molecule has 0 bridgehead atoms.